The van der Waals surface area contributed by atoms with Crippen molar-refractivity contribution in [2.24, 2.45) is 0 Å². The molecule has 0 aromatic carbocycles. The number of aliphatic carboxylic acids is 1. The maximum absolute atomic E-state index is 11.6. The molecule has 0 fully saturated rings. The lowest BCUT2D eigenvalue weighted by atomic mass is 9.99. The molecule has 2 amide bonds. The second kappa shape index (κ2) is 6.44. The monoisotopic (exact) mass is 246 g/mol. The average Bonchev–Trinajstić information content (AvgIpc) is 2.11. The van der Waals surface area contributed by atoms with Gasteiger partial charge in [-0.05, 0) is 27.2 Å². The maximum Gasteiger partial charge on any atom is 0.328 e. The zero-order valence-corrected chi connectivity index (χ0v) is 10.8. The van der Waals surface area contributed by atoms with Gasteiger partial charge in [0, 0.05) is 5.54 Å². The molecule has 6 nitrogen and oxygen atoms in total. The van der Waals surface area contributed by atoms with Crippen molar-refractivity contribution in [3.8, 4) is 0 Å². The van der Waals surface area contributed by atoms with Crippen LogP contribution in [0.3, 0.4) is 0 Å². The molecule has 0 radical (unpaired) electrons. The van der Waals surface area contributed by atoms with Crippen LogP contribution in [-0.2, 0) is 4.79 Å². The highest BCUT2D eigenvalue weighted by atomic mass is 16.4. The highest BCUT2D eigenvalue weighted by Crippen LogP contribution is 2.10. The van der Waals surface area contributed by atoms with E-state index in [0.29, 0.717) is 0 Å². The minimum absolute atomic E-state index is 0.402. The van der Waals surface area contributed by atoms with Crippen molar-refractivity contribution in [2.75, 3.05) is 0 Å². The SMILES string of the molecule is CCCC(C)(C)NC(=O)N[C@H](C(=O)O)[C@@H](C)O. The van der Waals surface area contributed by atoms with Crippen LogP contribution >= 0.6 is 0 Å². The summed E-state index contributed by atoms with van der Waals surface area (Å²) in [6.45, 7) is 7.02. The molecule has 2 atom stereocenters. The summed E-state index contributed by atoms with van der Waals surface area (Å²) in [5, 5.41) is 22.9. The first-order valence-corrected chi connectivity index (χ1v) is 5.69. The van der Waals surface area contributed by atoms with E-state index in [0.717, 1.165) is 12.8 Å². The number of hydrogen-bond acceptors (Lipinski definition) is 3. The normalized spacial score (nSPS) is 14.9. The fourth-order valence-corrected chi connectivity index (χ4v) is 1.56. The van der Waals surface area contributed by atoms with E-state index >= 15 is 0 Å². The van der Waals surface area contributed by atoms with Crippen LogP contribution in [0.15, 0.2) is 0 Å². The smallest absolute Gasteiger partial charge is 0.328 e. The van der Waals surface area contributed by atoms with Crippen LogP contribution in [0.4, 0.5) is 4.79 Å². The molecule has 0 aliphatic carbocycles. The van der Waals surface area contributed by atoms with E-state index in [2.05, 4.69) is 10.6 Å². The van der Waals surface area contributed by atoms with E-state index in [9.17, 15) is 14.7 Å². The third-order valence-corrected chi connectivity index (χ3v) is 2.36. The van der Waals surface area contributed by atoms with Gasteiger partial charge in [0.15, 0.2) is 6.04 Å². The van der Waals surface area contributed by atoms with Crippen molar-refractivity contribution < 1.29 is 19.8 Å². The van der Waals surface area contributed by atoms with Crippen LogP contribution in [0.5, 0.6) is 0 Å². The van der Waals surface area contributed by atoms with Gasteiger partial charge in [-0.15, -0.1) is 0 Å². The molecule has 6 heteroatoms. The predicted molar refractivity (Wildman–Crippen MR) is 63.8 cm³/mol. The van der Waals surface area contributed by atoms with Gasteiger partial charge in [0.1, 0.15) is 0 Å². The van der Waals surface area contributed by atoms with Crippen LogP contribution in [0, 0.1) is 0 Å². The number of carboxylic acids is 1. The van der Waals surface area contributed by atoms with E-state index in [4.69, 9.17) is 5.11 Å². The van der Waals surface area contributed by atoms with Gasteiger partial charge in [-0.25, -0.2) is 9.59 Å². The van der Waals surface area contributed by atoms with Crippen LogP contribution in [0.2, 0.25) is 0 Å². The first-order chi connectivity index (χ1) is 7.69. The Morgan fingerprint density at radius 2 is 1.88 bits per heavy atom. The molecule has 0 aromatic rings. The number of aliphatic hydroxyl groups is 1. The number of rotatable bonds is 6. The molecule has 100 valence electrons. The molecule has 0 saturated carbocycles. The molecule has 0 aliphatic rings. The number of aliphatic hydroxyl groups excluding tert-OH is 1. The molecule has 17 heavy (non-hydrogen) atoms. The molecular weight excluding hydrogens is 224 g/mol. The predicted octanol–water partition coefficient (Wildman–Crippen LogP) is 0.698. The number of nitrogens with one attached hydrogen (secondary N) is 2. The van der Waals surface area contributed by atoms with Gasteiger partial charge in [0.05, 0.1) is 6.10 Å². The second-order valence-corrected chi connectivity index (χ2v) is 4.79. The summed E-state index contributed by atoms with van der Waals surface area (Å²) in [7, 11) is 0. The van der Waals surface area contributed by atoms with Crippen molar-refractivity contribution in [2.45, 2.75) is 58.2 Å². The summed E-state index contributed by atoms with van der Waals surface area (Å²) in [6.07, 6.45) is 0.548. The fourth-order valence-electron chi connectivity index (χ4n) is 1.56. The van der Waals surface area contributed by atoms with E-state index in [1.54, 1.807) is 0 Å². The number of hydrogen-bond donors (Lipinski definition) is 4. The van der Waals surface area contributed by atoms with E-state index in [-0.39, 0.29) is 0 Å². The van der Waals surface area contributed by atoms with Crippen molar-refractivity contribution in [3.05, 3.63) is 0 Å². The lowest BCUT2D eigenvalue weighted by Crippen LogP contribution is -2.55. The number of amides is 2. The quantitative estimate of drug-likeness (QED) is 0.554. The van der Waals surface area contributed by atoms with Crippen LogP contribution < -0.4 is 10.6 Å². The first-order valence-electron chi connectivity index (χ1n) is 5.69. The van der Waals surface area contributed by atoms with Gasteiger partial charge in [-0.3, -0.25) is 0 Å². The van der Waals surface area contributed by atoms with Gasteiger partial charge in [0.25, 0.3) is 0 Å². The molecule has 0 aliphatic heterocycles. The number of urea groups is 1. The third-order valence-electron chi connectivity index (χ3n) is 2.36. The van der Waals surface area contributed by atoms with Gasteiger partial charge in [0.2, 0.25) is 0 Å². The van der Waals surface area contributed by atoms with Crippen LogP contribution in [0.1, 0.15) is 40.5 Å². The standard InChI is InChI=1S/C11H22N2O4/c1-5-6-11(3,4)13-10(17)12-8(7(2)14)9(15)16/h7-8,14H,5-6H2,1-4H3,(H,15,16)(H2,12,13,17)/t7-,8+/m1/s1. The van der Waals surface area contributed by atoms with Crippen molar-refractivity contribution in [1.29, 1.82) is 0 Å². The first kappa shape index (κ1) is 15.7. The minimum atomic E-state index is -1.30. The highest BCUT2D eigenvalue weighted by molar-refractivity contribution is 5.83. The Kier molecular flexibility index (Phi) is 5.95. The van der Waals surface area contributed by atoms with E-state index < -0.39 is 29.7 Å². The topological polar surface area (TPSA) is 98.7 Å². The Morgan fingerprint density at radius 1 is 1.35 bits per heavy atom. The summed E-state index contributed by atoms with van der Waals surface area (Å²) in [5.74, 6) is -1.26. The van der Waals surface area contributed by atoms with Gasteiger partial charge < -0.3 is 20.8 Å². The number of carbonyl (C=O) groups is 2. The maximum atomic E-state index is 11.6. The Bertz CT molecular complexity index is 277. The molecular formula is C11H22N2O4. The molecule has 0 spiro atoms. The van der Waals surface area contributed by atoms with E-state index in [1.807, 2.05) is 20.8 Å². The van der Waals surface area contributed by atoms with Crippen molar-refractivity contribution in [1.82, 2.24) is 10.6 Å². The minimum Gasteiger partial charge on any atom is -0.480 e. The van der Waals surface area contributed by atoms with Crippen LogP contribution in [0.25, 0.3) is 0 Å². The lowest BCUT2D eigenvalue weighted by molar-refractivity contribution is -0.141. The molecule has 0 heterocycles. The van der Waals surface area contributed by atoms with Crippen molar-refractivity contribution in [3.63, 3.8) is 0 Å². The Hall–Kier alpha value is -1.30. The fraction of sp³-hybridized carbons (Fsp3) is 0.818. The number of carboxylic acid groups (broad SMARTS) is 1. The van der Waals surface area contributed by atoms with Gasteiger partial charge in [-0.2, -0.15) is 0 Å². The molecule has 0 aromatic heterocycles. The Balaban J connectivity index is 4.38. The third kappa shape index (κ3) is 6.11. The number of carbonyl (C=O) groups excluding carboxylic acids is 1. The summed E-state index contributed by atoms with van der Waals surface area (Å²) in [6, 6.07) is -1.89. The second-order valence-electron chi connectivity index (χ2n) is 4.79. The summed E-state index contributed by atoms with van der Waals surface area (Å²) in [5.41, 5.74) is -0.402. The molecule has 4 N–H and O–H groups in total. The molecule has 0 bridgehead atoms. The Morgan fingerprint density at radius 3 is 2.24 bits per heavy atom. The molecule has 0 rings (SSSR count). The van der Waals surface area contributed by atoms with Gasteiger partial charge >= 0.3 is 12.0 Å². The summed E-state index contributed by atoms with van der Waals surface area (Å²) in [4.78, 5) is 22.3. The highest BCUT2D eigenvalue weighted by Gasteiger charge is 2.27. The largest absolute Gasteiger partial charge is 0.480 e. The summed E-state index contributed by atoms with van der Waals surface area (Å²) < 4.78 is 0. The van der Waals surface area contributed by atoms with Crippen molar-refractivity contribution >= 4 is 12.0 Å². The zero-order valence-electron chi connectivity index (χ0n) is 10.8. The zero-order chi connectivity index (χ0) is 13.6. The summed E-state index contributed by atoms with van der Waals surface area (Å²) >= 11 is 0. The van der Waals surface area contributed by atoms with Gasteiger partial charge in [-0.1, -0.05) is 13.3 Å². The van der Waals surface area contributed by atoms with Crippen LogP contribution in [-0.4, -0.2) is 39.9 Å². The lowest BCUT2D eigenvalue weighted by Gasteiger charge is -2.27. The molecule has 0 unspecified atom stereocenters. The molecule has 0 saturated heterocycles. The Labute approximate surface area is 101 Å². The average molecular weight is 246 g/mol. The van der Waals surface area contributed by atoms with E-state index in [1.165, 1.54) is 6.92 Å².